The van der Waals surface area contributed by atoms with Gasteiger partial charge in [0, 0.05) is 18.6 Å². The lowest BCUT2D eigenvalue weighted by Crippen LogP contribution is -2.28. The Morgan fingerprint density at radius 2 is 2.04 bits per heavy atom. The van der Waals surface area contributed by atoms with E-state index in [1.807, 2.05) is 30.3 Å². The number of non-ortho nitro benzene ring substituents is 1. The molecule has 1 atom stereocenters. The van der Waals surface area contributed by atoms with E-state index in [9.17, 15) is 19.7 Å². The molecule has 2 amide bonds. The Bertz CT molecular complexity index is 952. The molecule has 10 heteroatoms. The molecule has 0 saturated carbocycles. The topological polar surface area (TPSA) is 114 Å². The van der Waals surface area contributed by atoms with E-state index >= 15 is 0 Å². The second kappa shape index (κ2) is 8.85. The SMILES string of the molecule is O=C(CC1SC(=NCc2ccccc2)NC1=O)Nc1cc([N+](=O)[O-])ccc1Cl. The number of nitrogens with one attached hydrogen (secondary N) is 2. The molecule has 1 aliphatic heterocycles. The van der Waals surface area contributed by atoms with Gasteiger partial charge in [-0.05, 0) is 11.6 Å². The number of nitrogens with zero attached hydrogens (tertiary/aromatic N) is 2. The predicted molar refractivity (Wildman–Crippen MR) is 108 cm³/mol. The van der Waals surface area contributed by atoms with E-state index in [4.69, 9.17) is 11.6 Å². The van der Waals surface area contributed by atoms with Crippen LogP contribution in [0.2, 0.25) is 5.02 Å². The van der Waals surface area contributed by atoms with Gasteiger partial charge in [-0.3, -0.25) is 24.7 Å². The number of amides is 2. The van der Waals surface area contributed by atoms with Gasteiger partial charge in [-0.15, -0.1) is 0 Å². The molecular weight excluding hydrogens is 404 g/mol. The number of thioether (sulfide) groups is 1. The average molecular weight is 419 g/mol. The number of hydrogen-bond donors (Lipinski definition) is 2. The van der Waals surface area contributed by atoms with Crippen LogP contribution in [0.5, 0.6) is 0 Å². The fourth-order valence-electron chi connectivity index (χ4n) is 2.45. The standard InChI is InChI=1S/C18H15ClN4O4S/c19-13-7-6-12(23(26)27)8-14(13)21-16(24)9-15-17(25)22-18(28-15)20-10-11-4-2-1-3-5-11/h1-8,15H,9-10H2,(H,21,24)(H,20,22,25). The van der Waals surface area contributed by atoms with Crippen molar-refractivity contribution in [3.05, 3.63) is 69.2 Å². The smallest absolute Gasteiger partial charge is 0.271 e. The molecule has 0 spiro atoms. The monoisotopic (exact) mass is 418 g/mol. The molecule has 3 rings (SSSR count). The van der Waals surface area contributed by atoms with Crippen LogP contribution in [0.15, 0.2) is 53.5 Å². The molecule has 2 aromatic carbocycles. The van der Waals surface area contributed by atoms with Crippen molar-refractivity contribution < 1.29 is 14.5 Å². The lowest BCUT2D eigenvalue weighted by molar-refractivity contribution is -0.384. The van der Waals surface area contributed by atoms with Crippen molar-refractivity contribution in [3.63, 3.8) is 0 Å². The maximum absolute atomic E-state index is 12.3. The maximum Gasteiger partial charge on any atom is 0.271 e. The minimum atomic E-state index is -0.632. The van der Waals surface area contributed by atoms with Crippen LogP contribution in [0.4, 0.5) is 11.4 Å². The van der Waals surface area contributed by atoms with Gasteiger partial charge in [0.05, 0.1) is 22.2 Å². The number of carbonyl (C=O) groups excluding carboxylic acids is 2. The normalized spacial score (nSPS) is 17.4. The Morgan fingerprint density at radius 3 is 2.75 bits per heavy atom. The van der Waals surface area contributed by atoms with Crippen LogP contribution in [-0.4, -0.2) is 27.2 Å². The van der Waals surface area contributed by atoms with Crippen molar-refractivity contribution in [2.45, 2.75) is 18.2 Å². The summed E-state index contributed by atoms with van der Waals surface area (Å²) in [6, 6.07) is 13.3. The van der Waals surface area contributed by atoms with Crippen LogP contribution < -0.4 is 10.6 Å². The number of amidine groups is 1. The predicted octanol–water partition coefficient (Wildman–Crippen LogP) is 3.36. The molecule has 0 bridgehead atoms. The Labute approximate surface area is 169 Å². The summed E-state index contributed by atoms with van der Waals surface area (Å²) in [5, 5.41) is 16.0. The van der Waals surface area contributed by atoms with Crippen LogP contribution >= 0.6 is 23.4 Å². The summed E-state index contributed by atoms with van der Waals surface area (Å²) in [6.45, 7) is 0.422. The highest BCUT2D eigenvalue weighted by molar-refractivity contribution is 8.15. The van der Waals surface area contributed by atoms with Crippen molar-refractivity contribution in [2.75, 3.05) is 5.32 Å². The molecule has 0 aromatic heterocycles. The quantitative estimate of drug-likeness (QED) is 0.551. The fraction of sp³-hybridized carbons (Fsp3) is 0.167. The summed E-state index contributed by atoms with van der Waals surface area (Å²) in [5.41, 5.74) is 0.941. The molecule has 8 nitrogen and oxygen atoms in total. The maximum atomic E-state index is 12.3. The van der Waals surface area contributed by atoms with Crippen molar-refractivity contribution in [2.24, 2.45) is 4.99 Å². The summed E-state index contributed by atoms with van der Waals surface area (Å²) in [4.78, 5) is 39.0. The van der Waals surface area contributed by atoms with Gasteiger partial charge in [0.15, 0.2) is 5.17 Å². The van der Waals surface area contributed by atoms with Crippen molar-refractivity contribution in [3.8, 4) is 0 Å². The summed E-state index contributed by atoms with van der Waals surface area (Å²) in [7, 11) is 0. The highest BCUT2D eigenvalue weighted by Gasteiger charge is 2.32. The number of nitro groups is 1. The number of anilines is 1. The second-order valence-corrected chi connectivity index (χ2v) is 7.47. The van der Waals surface area contributed by atoms with Crippen molar-refractivity contribution in [1.82, 2.24) is 5.32 Å². The molecule has 2 aromatic rings. The number of rotatable bonds is 6. The largest absolute Gasteiger partial charge is 0.325 e. The third kappa shape index (κ3) is 5.08. The third-order valence-corrected chi connectivity index (χ3v) is 5.28. The van der Waals surface area contributed by atoms with E-state index in [2.05, 4.69) is 15.6 Å². The van der Waals surface area contributed by atoms with E-state index in [1.54, 1.807) is 0 Å². The van der Waals surface area contributed by atoms with Crippen LogP contribution in [0.1, 0.15) is 12.0 Å². The van der Waals surface area contributed by atoms with Gasteiger partial charge >= 0.3 is 0 Å². The third-order valence-electron chi connectivity index (χ3n) is 3.83. The van der Waals surface area contributed by atoms with E-state index in [0.717, 1.165) is 5.56 Å². The minimum absolute atomic E-state index is 0.111. The molecule has 1 fully saturated rings. The lowest BCUT2D eigenvalue weighted by Gasteiger charge is -2.08. The first-order valence-electron chi connectivity index (χ1n) is 8.22. The first kappa shape index (κ1) is 19.8. The van der Waals surface area contributed by atoms with E-state index in [0.29, 0.717) is 11.7 Å². The average Bonchev–Trinajstić information content (AvgIpc) is 3.02. The Balaban J connectivity index is 1.59. The zero-order valence-corrected chi connectivity index (χ0v) is 16.0. The Hall–Kier alpha value is -2.91. The molecule has 2 N–H and O–H groups in total. The number of hydrogen-bond acceptors (Lipinski definition) is 6. The highest BCUT2D eigenvalue weighted by Crippen LogP contribution is 2.28. The van der Waals surface area contributed by atoms with Crippen LogP contribution in [-0.2, 0) is 16.1 Å². The Morgan fingerprint density at radius 1 is 1.29 bits per heavy atom. The van der Waals surface area contributed by atoms with Gasteiger partial charge in [0.1, 0.15) is 5.25 Å². The van der Waals surface area contributed by atoms with Gasteiger partial charge in [0.25, 0.3) is 5.69 Å². The van der Waals surface area contributed by atoms with Crippen LogP contribution in [0, 0.1) is 10.1 Å². The van der Waals surface area contributed by atoms with E-state index in [1.165, 1.54) is 30.0 Å². The number of carbonyl (C=O) groups is 2. The van der Waals surface area contributed by atoms with Gasteiger partial charge in [-0.2, -0.15) is 0 Å². The van der Waals surface area contributed by atoms with Gasteiger partial charge < -0.3 is 10.6 Å². The van der Waals surface area contributed by atoms with Gasteiger partial charge in [-0.25, -0.2) is 0 Å². The van der Waals surface area contributed by atoms with E-state index in [-0.39, 0.29) is 28.7 Å². The molecule has 28 heavy (non-hydrogen) atoms. The molecule has 1 saturated heterocycles. The molecule has 1 unspecified atom stereocenters. The van der Waals surface area contributed by atoms with Crippen LogP contribution in [0.3, 0.4) is 0 Å². The Kier molecular flexibility index (Phi) is 6.27. The number of nitro benzene ring substituents is 1. The molecular formula is C18H15ClN4O4S. The van der Waals surface area contributed by atoms with Gasteiger partial charge in [-0.1, -0.05) is 53.7 Å². The highest BCUT2D eigenvalue weighted by atomic mass is 35.5. The number of halogens is 1. The fourth-order valence-corrected chi connectivity index (χ4v) is 3.59. The molecule has 0 aliphatic carbocycles. The molecule has 1 heterocycles. The summed E-state index contributed by atoms with van der Waals surface area (Å²) in [5.74, 6) is -0.781. The molecule has 144 valence electrons. The zero-order valence-electron chi connectivity index (χ0n) is 14.4. The first-order chi connectivity index (χ1) is 13.4. The number of aliphatic imine (C=N–C) groups is 1. The lowest BCUT2D eigenvalue weighted by atomic mass is 10.2. The van der Waals surface area contributed by atoms with Crippen molar-refractivity contribution >= 4 is 51.7 Å². The summed E-state index contributed by atoms with van der Waals surface area (Å²) >= 11 is 7.15. The summed E-state index contributed by atoms with van der Waals surface area (Å²) < 4.78 is 0. The zero-order chi connectivity index (χ0) is 20.1. The van der Waals surface area contributed by atoms with Crippen molar-refractivity contribution in [1.29, 1.82) is 0 Å². The number of benzene rings is 2. The van der Waals surface area contributed by atoms with Crippen LogP contribution in [0.25, 0.3) is 0 Å². The first-order valence-corrected chi connectivity index (χ1v) is 9.48. The van der Waals surface area contributed by atoms with Gasteiger partial charge in [0.2, 0.25) is 11.8 Å². The second-order valence-electron chi connectivity index (χ2n) is 5.88. The molecule has 1 aliphatic rings. The van der Waals surface area contributed by atoms with E-state index < -0.39 is 16.1 Å². The summed E-state index contributed by atoms with van der Waals surface area (Å²) in [6.07, 6.45) is -0.111. The minimum Gasteiger partial charge on any atom is -0.325 e. The molecule has 0 radical (unpaired) electrons.